The van der Waals surface area contributed by atoms with E-state index >= 15 is 0 Å². The second-order valence-corrected chi connectivity index (χ2v) is 8.00. The molecule has 1 saturated carbocycles. The van der Waals surface area contributed by atoms with Crippen molar-refractivity contribution in [3.8, 4) is 0 Å². The highest BCUT2D eigenvalue weighted by molar-refractivity contribution is 6.00. The maximum absolute atomic E-state index is 12.6. The summed E-state index contributed by atoms with van der Waals surface area (Å²) in [6.45, 7) is 5.94. The van der Waals surface area contributed by atoms with Gasteiger partial charge >= 0.3 is 5.97 Å². The summed E-state index contributed by atoms with van der Waals surface area (Å²) in [6, 6.07) is 6.24. The first-order valence-electron chi connectivity index (χ1n) is 9.68. The van der Waals surface area contributed by atoms with Crippen LogP contribution in [0.5, 0.6) is 0 Å². The summed E-state index contributed by atoms with van der Waals surface area (Å²) in [5.74, 6) is -0.950. The second-order valence-electron chi connectivity index (χ2n) is 8.00. The normalized spacial score (nSPS) is 22.4. The number of carboxylic acids is 1. The molecule has 1 aromatic heterocycles. The first-order valence-corrected chi connectivity index (χ1v) is 9.68. The van der Waals surface area contributed by atoms with Crippen molar-refractivity contribution in [3.05, 3.63) is 40.3 Å². The molecule has 1 fully saturated rings. The van der Waals surface area contributed by atoms with Gasteiger partial charge < -0.3 is 14.6 Å². The zero-order chi connectivity index (χ0) is 20.4. The minimum absolute atomic E-state index is 0.177. The van der Waals surface area contributed by atoms with Gasteiger partial charge in [0.05, 0.1) is 11.4 Å². The van der Waals surface area contributed by atoms with Gasteiger partial charge in [-0.25, -0.2) is 4.68 Å². The summed E-state index contributed by atoms with van der Waals surface area (Å²) in [5.41, 5.74) is -0.899. The SMILES string of the molecule is CC(C)[C@H]1CC[C@@H](C)C[C@H]1OC(=O)Cn1nc(C(=O)[O-])c2ccccc2c1=O. The number of carbonyl (C=O) groups excluding carboxylic acids is 2. The third-order valence-corrected chi connectivity index (χ3v) is 5.58. The summed E-state index contributed by atoms with van der Waals surface area (Å²) in [5, 5.41) is 15.6. The Balaban J connectivity index is 1.86. The van der Waals surface area contributed by atoms with E-state index in [1.807, 2.05) is 0 Å². The lowest BCUT2D eigenvalue weighted by molar-refractivity contribution is -0.255. The van der Waals surface area contributed by atoms with Crippen LogP contribution in [-0.2, 0) is 16.1 Å². The van der Waals surface area contributed by atoms with E-state index in [4.69, 9.17) is 4.74 Å². The van der Waals surface area contributed by atoms with Crippen LogP contribution in [0.4, 0.5) is 0 Å². The van der Waals surface area contributed by atoms with Crippen molar-refractivity contribution in [3.63, 3.8) is 0 Å². The number of carbonyl (C=O) groups is 2. The first-order chi connectivity index (χ1) is 13.3. The number of aromatic nitrogens is 2. The molecule has 0 bridgehead atoms. The number of esters is 1. The number of carboxylic acid groups (broad SMARTS) is 1. The van der Waals surface area contributed by atoms with Gasteiger partial charge in [0.2, 0.25) is 0 Å². The van der Waals surface area contributed by atoms with Crippen molar-refractivity contribution >= 4 is 22.7 Å². The largest absolute Gasteiger partial charge is 0.543 e. The monoisotopic (exact) mass is 385 g/mol. The van der Waals surface area contributed by atoms with Crippen LogP contribution in [0.25, 0.3) is 10.8 Å². The van der Waals surface area contributed by atoms with Crippen molar-refractivity contribution in [1.82, 2.24) is 9.78 Å². The maximum Gasteiger partial charge on any atom is 0.328 e. The fourth-order valence-corrected chi connectivity index (χ4v) is 4.07. The van der Waals surface area contributed by atoms with Crippen LogP contribution in [0.15, 0.2) is 29.1 Å². The predicted octanol–water partition coefficient (Wildman–Crippen LogP) is 1.76. The minimum Gasteiger partial charge on any atom is -0.543 e. The summed E-state index contributed by atoms with van der Waals surface area (Å²) < 4.78 is 6.56. The second kappa shape index (κ2) is 8.12. The molecule has 0 aliphatic heterocycles. The smallest absolute Gasteiger partial charge is 0.328 e. The Morgan fingerprint density at radius 3 is 2.57 bits per heavy atom. The highest BCUT2D eigenvalue weighted by Gasteiger charge is 2.33. The fourth-order valence-electron chi connectivity index (χ4n) is 4.07. The Morgan fingerprint density at radius 2 is 1.93 bits per heavy atom. The average Bonchev–Trinajstić information content (AvgIpc) is 2.63. The lowest BCUT2D eigenvalue weighted by Crippen LogP contribution is -2.38. The molecule has 0 unspecified atom stereocenters. The number of nitrogens with zero attached hydrogens (tertiary/aromatic N) is 2. The Morgan fingerprint density at radius 1 is 1.25 bits per heavy atom. The zero-order valence-electron chi connectivity index (χ0n) is 16.4. The summed E-state index contributed by atoms with van der Waals surface area (Å²) in [4.78, 5) is 36.6. The Bertz CT molecular complexity index is 949. The quantitative estimate of drug-likeness (QED) is 0.727. The van der Waals surface area contributed by atoms with E-state index in [1.165, 1.54) is 12.1 Å². The number of hydrogen-bond acceptors (Lipinski definition) is 6. The van der Waals surface area contributed by atoms with Gasteiger partial charge in [0.1, 0.15) is 18.3 Å². The van der Waals surface area contributed by atoms with Gasteiger partial charge in [0, 0.05) is 5.39 Å². The molecule has 3 rings (SSSR count). The molecule has 0 saturated heterocycles. The molecule has 1 aromatic carbocycles. The maximum atomic E-state index is 12.6. The number of rotatable bonds is 5. The Hall–Kier alpha value is -2.70. The molecule has 7 heteroatoms. The van der Waals surface area contributed by atoms with Gasteiger partial charge in [-0.1, -0.05) is 45.4 Å². The van der Waals surface area contributed by atoms with Gasteiger partial charge in [0.25, 0.3) is 5.56 Å². The molecule has 1 aliphatic carbocycles. The lowest BCUT2D eigenvalue weighted by Gasteiger charge is -2.36. The topological polar surface area (TPSA) is 101 Å². The van der Waals surface area contributed by atoms with E-state index in [1.54, 1.807) is 12.1 Å². The Kier molecular flexibility index (Phi) is 5.82. The van der Waals surface area contributed by atoms with Gasteiger partial charge in [-0.2, -0.15) is 5.10 Å². The number of fused-ring (bicyclic) bond motifs is 1. The molecule has 2 aromatic rings. The van der Waals surface area contributed by atoms with Crippen molar-refractivity contribution < 1.29 is 19.4 Å². The molecule has 3 atom stereocenters. The van der Waals surface area contributed by atoms with E-state index in [0.717, 1.165) is 23.9 Å². The zero-order valence-corrected chi connectivity index (χ0v) is 16.4. The highest BCUT2D eigenvalue weighted by Crippen LogP contribution is 2.35. The fraction of sp³-hybridized carbons (Fsp3) is 0.524. The van der Waals surface area contributed by atoms with E-state index in [9.17, 15) is 19.5 Å². The molecular weight excluding hydrogens is 360 g/mol. The molecule has 0 radical (unpaired) electrons. The molecule has 7 nitrogen and oxygen atoms in total. The standard InChI is InChI=1S/C21H26N2O5/c1-12(2)14-9-8-13(3)10-17(14)28-18(24)11-23-20(25)16-7-5-4-6-15(16)19(22-23)21(26)27/h4-7,12-14,17H,8-11H2,1-3H3,(H,26,27)/p-1/t13-,14-,17-/m1/s1. The number of benzene rings is 1. The van der Waals surface area contributed by atoms with Crippen LogP contribution < -0.4 is 10.7 Å². The van der Waals surface area contributed by atoms with Crippen molar-refractivity contribution in [2.45, 2.75) is 52.7 Å². The third-order valence-electron chi connectivity index (χ3n) is 5.58. The van der Waals surface area contributed by atoms with E-state index in [-0.39, 0.29) is 28.5 Å². The lowest BCUT2D eigenvalue weighted by atomic mass is 9.75. The highest BCUT2D eigenvalue weighted by atomic mass is 16.5. The minimum atomic E-state index is -1.50. The molecule has 150 valence electrons. The number of aromatic carboxylic acids is 1. The predicted molar refractivity (Wildman–Crippen MR) is 102 cm³/mol. The van der Waals surface area contributed by atoms with Crippen LogP contribution in [-0.4, -0.2) is 27.8 Å². The molecule has 1 heterocycles. The molecule has 0 amide bonds. The van der Waals surface area contributed by atoms with Gasteiger partial charge in [-0.05, 0) is 36.7 Å². The van der Waals surface area contributed by atoms with Crippen molar-refractivity contribution in [1.29, 1.82) is 0 Å². The average molecular weight is 385 g/mol. The van der Waals surface area contributed by atoms with Crippen molar-refractivity contribution in [2.75, 3.05) is 0 Å². The summed E-state index contributed by atoms with van der Waals surface area (Å²) >= 11 is 0. The van der Waals surface area contributed by atoms with E-state index in [2.05, 4.69) is 25.9 Å². The molecule has 0 spiro atoms. The van der Waals surface area contributed by atoms with Crippen LogP contribution in [0, 0.1) is 17.8 Å². The van der Waals surface area contributed by atoms with Crippen molar-refractivity contribution in [2.24, 2.45) is 17.8 Å². The summed E-state index contributed by atoms with van der Waals surface area (Å²) in [7, 11) is 0. The van der Waals surface area contributed by atoms with E-state index < -0.39 is 24.0 Å². The van der Waals surface area contributed by atoms with Crippen LogP contribution in [0.2, 0.25) is 0 Å². The Labute approximate surface area is 163 Å². The molecule has 0 N–H and O–H groups in total. The van der Waals surface area contributed by atoms with Crippen LogP contribution in [0.1, 0.15) is 50.5 Å². The van der Waals surface area contributed by atoms with Crippen LogP contribution >= 0.6 is 0 Å². The first kappa shape index (κ1) is 20.0. The molecule has 1 aliphatic rings. The van der Waals surface area contributed by atoms with Gasteiger partial charge in [-0.15, -0.1) is 0 Å². The number of hydrogen-bond donors (Lipinski definition) is 0. The number of ether oxygens (including phenoxy) is 1. The van der Waals surface area contributed by atoms with Crippen LogP contribution in [0.3, 0.4) is 0 Å². The third kappa shape index (κ3) is 4.08. The molecule has 28 heavy (non-hydrogen) atoms. The molecular formula is C21H25N2O5-. The summed E-state index contributed by atoms with van der Waals surface area (Å²) in [6.07, 6.45) is 2.70. The van der Waals surface area contributed by atoms with Gasteiger partial charge in [-0.3, -0.25) is 9.59 Å². The van der Waals surface area contributed by atoms with E-state index in [0.29, 0.717) is 11.8 Å². The van der Waals surface area contributed by atoms with Gasteiger partial charge in [0.15, 0.2) is 0 Å².